The van der Waals surface area contributed by atoms with Gasteiger partial charge in [-0.2, -0.15) is 0 Å². The predicted octanol–water partition coefficient (Wildman–Crippen LogP) is 12.9. The van der Waals surface area contributed by atoms with E-state index in [1.54, 1.807) is 11.1 Å². The van der Waals surface area contributed by atoms with Gasteiger partial charge in [0.25, 0.3) is 0 Å². The van der Waals surface area contributed by atoms with Crippen molar-refractivity contribution in [3.63, 3.8) is 0 Å². The average molecular weight is 706 g/mol. The molecule has 262 valence electrons. The van der Waals surface area contributed by atoms with Crippen LogP contribution in [0.2, 0.25) is 0 Å². The van der Waals surface area contributed by atoms with E-state index >= 15 is 0 Å². The largest absolute Gasteiger partial charge is 0.309 e. The highest BCUT2D eigenvalue weighted by atomic mass is 15.0. The van der Waals surface area contributed by atoms with Crippen LogP contribution in [-0.4, -0.2) is 14.5 Å². The van der Waals surface area contributed by atoms with E-state index in [1.165, 1.54) is 92.3 Å². The molecule has 2 heterocycles. The second-order valence-electron chi connectivity index (χ2n) is 17.0. The van der Waals surface area contributed by atoms with Gasteiger partial charge in [-0.25, -0.2) is 9.97 Å². The van der Waals surface area contributed by atoms with E-state index in [0.717, 1.165) is 46.3 Å². The number of nitrogens with zero attached hydrogens (tertiary/aromatic N) is 3. The Morgan fingerprint density at radius 1 is 0.545 bits per heavy atom. The molecule has 2 aromatic heterocycles. The Balaban J connectivity index is 1.08. The van der Waals surface area contributed by atoms with E-state index in [-0.39, 0.29) is 5.41 Å². The molecule has 9 aromatic rings. The van der Waals surface area contributed by atoms with Crippen molar-refractivity contribution in [2.45, 2.75) is 37.5 Å². The summed E-state index contributed by atoms with van der Waals surface area (Å²) >= 11 is 0. The molecule has 3 nitrogen and oxygen atoms in total. The van der Waals surface area contributed by atoms with Gasteiger partial charge in [-0.3, -0.25) is 0 Å². The summed E-state index contributed by atoms with van der Waals surface area (Å²) in [7, 11) is 0. The Kier molecular flexibility index (Phi) is 6.06. The van der Waals surface area contributed by atoms with Gasteiger partial charge in [0, 0.05) is 44.8 Å². The molecular formula is C52H39N3. The zero-order valence-electron chi connectivity index (χ0n) is 30.6. The first-order valence-electron chi connectivity index (χ1n) is 20.2. The lowest BCUT2D eigenvalue weighted by Gasteiger charge is -2.61. The van der Waals surface area contributed by atoms with Crippen LogP contribution in [0.25, 0.3) is 82.8 Å². The van der Waals surface area contributed by atoms with Crippen molar-refractivity contribution >= 4 is 43.4 Å². The van der Waals surface area contributed by atoms with Crippen LogP contribution < -0.4 is 0 Å². The maximum absolute atomic E-state index is 5.02. The number of hydrogen-bond acceptors (Lipinski definition) is 2. The molecule has 0 saturated heterocycles. The second-order valence-corrected chi connectivity index (χ2v) is 17.0. The number of aromatic nitrogens is 3. The van der Waals surface area contributed by atoms with Crippen molar-refractivity contribution in [2.24, 2.45) is 23.7 Å². The quantitative estimate of drug-likeness (QED) is 0.183. The van der Waals surface area contributed by atoms with Crippen LogP contribution in [0.15, 0.2) is 152 Å². The SMILES string of the molecule is c1ccc(-c2nccc(-c3ccc4ccc(-n5c6ccc7ccccc7c6c6ccc7c(c65)-c5ccccc5C75C6CC7CC(C6)CC5C7)cc4c3)n2)cc1. The molecule has 0 N–H and O–H groups in total. The van der Waals surface area contributed by atoms with Crippen LogP contribution in [0, 0.1) is 23.7 Å². The molecule has 0 atom stereocenters. The molecule has 55 heavy (non-hydrogen) atoms. The highest BCUT2D eigenvalue weighted by Crippen LogP contribution is 2.70. The van der Waals surface area contributed by atoms with Crippen molar-refractivity contribution in [1.82, 2.24) is 14.5 Å². The van der Waals surface area contributed by atoms with Gasteiger partial charge in [0.2, 0.25) is 0 Å². The number of hydrogen-bond donors (Lipinski definition) is 0. The maximum atomic E-state index is 5.02. The van der Waals surface area contributed by atoms with E-state index in [9.17, 15) is 0 Å². The van der Waals surface area contributed by atoms with Crippen molar-refractivity contribution in [3.8, 4) is 39.5 Å². The number of benzene rings is 7. The van der Waals surface area contributed by atoms with Crippen molar-refractivity contribution in [1.29, 1.82) is 0 Å². The lowest BCUT2D eigenvalue weighted by atomic mass is 9.43. The first-order valence-corrected chi connectivity index (χ1v) is 20.2. The van der Waals surface area contributed by atoms with E-state index < -0.39 is 0 Å². The molecule has 14 rings (SSSR count). The fraction of sp³-hybridized carbons (Fsp3) is 0.192. The molecule has 5 aliphatic carbocycles. The summed E-state index contributed by atoms with van der Waals surface area (Å²) in [5.74, 6) is 4.04. The average Bonchev–Trinajstić information content (AvgIpc) is 3.74. The van der Waals surface area contributed by atoms with Gasteiger partial charge in [-0.15, -0.1) is 0 Å². The molecule has 0 unspecified atom stereocenters. The Labute approximate surface area is 320 Å². The zero-order chi connectivity index (χ0) is 35.8. The van der Waals surface area contributed by atoms with Gasteiger partial charge in [0.1, 0.15) is 0 Å². The second kappa shape index (κ2) is 11.0. The molecule has 7 aromatic carbocycles. The third-order valence-corrected chi connectivity index (χ3v) is 14.4. The molecule has 5 aliphatic rings. The summed E-state index contributed by atoms with van der Waals surface area (Å²) in [4.78, 5) is 9.63. The van der Waals surface area contributed by atoms with Crippen molar-refractivity contribution in [3.05, 3.63) is 163 Å². The summed E-state index contributed by atoms with van der Waals surface area (Å²) in [6.07, 6.45) is 8.89. The summed E-state index contributed by atoms with van der Waals surface area (Å²) in [6, 6.07) is 54.4. The summed E-state index contributed by atoms with van der Waals surface area (Å²) in [6.45, 7) is 0. The van der Waals surface area contributed by atoms with Crippen LogP contribution in [0.5, 0.6) is 0 Å². The molecule has 0 aliphatic heterocycles. The van der Waals surface area contributed by atoms with Crippen molar-refractivity contribution < 1.29 is 0 Å². The first-order chi connectivity index (χ1) is 27.2. The molecule has 4 bridgehead atoms. The number of fused-ring (bicyclic) bond motifs is 10. The molecule has 0 amide bonds. The molecule has 4 saturated carbocycles. The topological polar surface area (TPSA) is 30.7 Å². The first kappa shape index (κ1) is 30.3. The minimum atomic E-state index is 0.116. The van der Waals surface area contributed by atoms with E-state index in [4.69, 9.17) is 4.98 Å². The van der Waals surface area contributed by atoms with E-state index in [0.29, 0.717) is 0 Å². The van der Waals surface area contributed by atoms with E-state index in [2.05, 4.69) is 131 Å². The molecule has 4 fully saturated rings. The van der Waals surface area contributed by atoms with Crippen LogP contribution in [-0.2, 0) is 5.41 Å². The Morgan fingerprint density at radius 2 is 1.31 bits per heavy atom. The Morgan fingerprint density at radius 3 is 2.18 bits per heavy atom. The monoisotopic (exact) mass is 705 g/mol. The minimum absolute atomic E-state index is 0.116. The molecular weight excluding hydrogens is 667 g/mol. The van der Waals surface area contributed by atoms with Crippen LogP contribution >= 0.6 is 0 Å². The van der Waals surface area contributed by atoms with Crippen LogP contribution in [0.1, 0.15) is 43.2 Å². The fourth-order valence-electron chi connectivity index (χ4n) is 12.6. The highest BCUT2D eigenvalue weighted by molar-refractivity contribution is 6.24. The number of rotatable bonds is 3. The van der Waals surface area contributed by atoms with E-state index in [1.807, 2.05) is 30.5 Å². The standard InChI is InChI=1S/C52H39N3/c1-2-9-35(10-3-1)51-53-23-22-46(54-51)36-15-14-33-16-18-40(30-37(33)29-36)55-47-21-17-34-8-4-5-11-41(34)48(47)43-19-20-45-49(50(43)55)42-12-6-7-13-44(42)52(45)38-25-31-24-32(27-38)28-39(52)26-31/h1-23,29-32,38-39H,24-28H2. The highest BCUT2D eigenvalue weighted by Gasteiger charge is 2.61. The van der Waals surface area contributed by atoms with Crippen LogP contribution in [0.3, 0.4) is 0 Å². The maximum Gasteiger partial charge on any atom is 0.159 e. The summed E-state index contributed by atoms with van der Waals surface area (Å²) in [5.41, 5.74) is 13.1. The van der Waals surface area contributed by atoms with Gasteiger partial charge in [-0.1, -0.05) is 115 Å². The van der Waals surface area contributed by atoms with Gasteiger partial charge in [0.05, 0.1) is 16.7 Å². The Hall–Kier alpha value is -6.06. The van der Waals surface area contributed by atoms with Gasteiger partial charge < -0.3 is 4.57 Å². The molecule has 1 spiro atoms. The lowest BCUT2D eigenvalue weighted by Crippen LogP contribution is -2.55. The smallest absolute Gasteiger partial charge is 0.159 e. The van der Waals surface area contributed by atoms with Crippen LogP contribution in [0.4, 0.5) is 0 Å². The third kappa shape index (κ3) is 4.06. The summed E-state index contributed by atoms with van der Waals surface area (Å²) < 4.78 is 2.62. The predicted molar refractivity (Wildman–Crippen MR) is 226 cm³/mol. The molecule has 3 heteroatoms. The lowest BCUT2D eigenvalue weighted by molar-refractivity contribution is -0.0399. The molecule has 0 radical (unpaired) electrons. The summed E-state index contributed by atoms with van der Waals surface area (Å²) in [5, 5.41) is 7.73. The zero-order valence-corrected chi connectivity index (χ0v) is 30.6. The van der Waals surface area contributed by atoms with Gasteiger partial charge in [-0.05, 0) is 124 Å². The Bertz CT molecular complexity index is 3030. The normalized spacial score (nSPS) is 23.3. The minimum Gasteiger partial charge on any atom is -0.309 e. The van der Waals surface area contributed by atoms with Crippen molar-refractivity contribution in [2.75, 3.05) is 0 Å². The fourth-order valence-corrected chi connectivity index (χ4v) is 12.6. The third-order valence-electron chi connectivity index (χ3n) is 14.4. The van der Waals surface area contributed by atoms with Gasteiger partial charge in [0.15, 0.2) is 5.82 Å². The van der Waals surface area contributed by atoms with Gasteiger partial charge >= 0.3 is 0 Å².